The van der Waals surface area contributed by atoms with E-state index in [-0.39, 0.29) is 5.41 Å². The molecule has 1 heterocycles. The maximum absolute atomic E-state index is 5.64. The van der Waals surface area contributed by atoms with Crippen molar-refractivity contribution in [2.45, 2.75) is 39.7 Å². The van der Waals surface area contributed by atoms with E-state index in [1.165, 1.54) is 5.56 Å². The smallest absolute Gasteiger partial charge is 0.142 e. The van der Waals surface area contributed by atoms with Gasteiger partial charge in [-0.3, -0.25) is 4.68 Å². The Labute approximate surface area is 127 Å². The first-order chi connectivity index (χ1) is 9.91. The molecule has 2 rings (SSSR count). The maximum atomic E-state index is 5.64. The van der Waals surface area contributed by atoms with E-state index >= 15 is 0 Å². The number of para-hydroxylation sites is 2. The molecular weight excluding hydrogens is 262 g/mol. The molecule has 21 heavy (non-hydrogen) atoms. The van der Waals surface area contributed by atoms with Crippen LogP contribution in [-0.2, 0) is 19.0 Å². The fourth-order valence-electron chi connectivity index (χ4n) is 2.38. The second kappa shape index (κ2) is 6.20. The van der Waals surface area contributed by atoms with Crippen LogP contribution in [0.5, 0.6) is 5.75 Å². The number of benzene rings is 1. The van der Waals surface area contributed by atoms with Crippen LogP contribution in [0.3, 0.4) is 0 Å². The molecule has 0 saturated carbocycles. The molecule has 0 saturated heterocycles. The minimum atomic E-state index is 0.0394. The van der Waals surface area contributed by atoms with Crippen molar-refractivity contribution in [3.63, 3.8) is 0 Å². The van der Waals surface area contributed by atoms with Gasteiger partial charge in [0.15, 0.2) is 0 Å². The molecule has 0 fully saturated rings. The van der Waals surface area contributed by atoms with Gasteiger partial charge in [0.25, 0.3) is 0 Å². The second-order valence-corrected chi connectivity index (χ2v) is 6.21. The molecule has 114 valence electrons. The first kappa shape index (κ1) is 15.4. The van der Waals surface area contributed by atoms with Gasteiger partial charge in [-0.15, -0.1) is 0 Å². The number of anilines is 1. The Kier molecular flexibility index (Phi) is 4.56. The fraction of sp³-hybridized carbons (Fsp3) is 0.471. The normalized spacial score (nSPS) is 11.5. The second-order valence-electron chi connectivity index (χ2n) is 6.21. The van der Waals surface area contributed by atoms with Crippen molar-refractivity contribution < 1.29 is 4.74 Å². The number of rotatable bonds is 5. The third kappa shape index (κ3) is 3.78. The van der Waals surface area contributed by atoms with Gasteiger partial charge < -0.3 is 10.1 Å². The van der Waals surface area contributed by atoms with Crippen molar-refractivity contribution in [3.8, 4) is 5.75 Å². The molecule has 0 atom stereocenters. The van der Waals surface area contributed by atoms with Crippen molar-refractivity contribution in [1.29, 1.82) is 0 Å². The van der Waals surface area contributed by atoms with Gasteiger partial charge in [-0.1, -0.05) is 32.9 Å². The third-order valence-corrected chi connectivity index (χ3v) is 3.27. The highest BCUT2D eigenvalue weighted by atomic mass is 16.5. The van der Waals surface area contributed by atoms with Crippen molar-refractivity contribution in [2.75, 3.05) is 11.9 Å². The molecule has 0 bridgehead atoms. The summed E-state index contributed by atoms with van der Waals surface area (Å²) in [5.41, 5.74) is 3.41. The van der Waals surface area contributed by atoms with E-state index in [2.05, 4.69) is 37.4 Å². The zero-order valence-corrected chi connectivity index (χ0v) is 13.6. The molecule has 0 aliphatic rings. The Morgan fingerprint density at radius 1 is 1.24 bits per heavy atom. The van der Waals surface area contributed by atoms with E-state index in [1.807, 2.05) is 42.9 Å². The van der Waals surface area contributed by atoms with Crippen molar-refractivity contribution in [3.05, 3.63) is 41.7 Å². The van der Waals surface area contributed by atoms with Crippen molar-refractivity contribution in [1.82, 2.24) is 9.78 Å². The molecule has 0 aliphatic carbocycles. The molecule has 4 heteroatoms. The van der Waals surface area contributed by atoms with Crippen LogP contribution in [0.25, 0.3) is 0 Å². The lowest BCUT2D eigenvalue weighted by Gasteiger charge is -2.18. The van der Waals surface area contributed by atoms with Crippen LogP contribution in [0.4, 0.5) is 5.69 Å². The van der Waals surface area contributed by atoms with E-state index in [0.29, 0.717) is 6.61 Å². The SMILES string of the molecule is CCOc1ccccc1NCc1cn(C)nc1C(C)(C)C. The highest BCUT2D eigenvalue weighted by Crippen LogP contribution is 2.27. The Morgan fingerprint density at radius 2 is 1.95 bits per heavy atom. The van der Waals surface area contributed by atoms with Crippen LogP contribution in [0, 0.1) is 0 Å². The van der Waals surface area contributed by atoms with Crippen LogP contribution in [0.15, 0.2) is 30.5 Å². The molecule has 2 aromatic rings. The molecule has 1 N–H and O–H groups in total. The van der Waals surface area contributed by atoms with Gasteiger partial charge in [-0.05, 0) is 19.1 Å². The van der Waals surface area contributed by atoms with E-state index < -0.39 is 0 Å². The lowest BCUT2D eigenvalue weighted by molar-refractivity contribution is 0.341. The standard InChI is InChI=1S/C17H25N3O/c1-6-21-15-10-8-7-9-14(15)18-11-13-12-20(5)19-16(13)17(2,3)4/h7-10,12,18H,6,11H2,1-5H3. The summed E-state index contributed by atoms with van der Waals surface area (Å²) in [6, 6.07) is 8.03. The largest absolute Gasteiger partial charge is 0.492 e. The highest BCUT2D eigenvalue weighted by molar-refractivity contribution is 5.56. The molecule has 1 aromatic heterocycles. The summed E-state index contributed by atoms with van der Waals surface area (Å²) in [6.45, 7) is 9.96. The summed E-state index contributed by atoms with van der Waals surface area (Å²) in [5, 5.41) is 8.06. The van der Waals surface area contributed by atoms with Crippen LogP contribution >= 0.6 is 0 Å². The van der Waals surface area contributed by atoms with E-state index in [1.54, 1.807) is 0 Å². The van der Waals surface area contributed by atoms with Gasteiger partial charge in [0.1, 0.15) is 5.75 Å². The lowest BCUT2D eigenvalue weighted by Crippen LogP contribution is -2.16. The summed E-state index contributed by atoms with van der Waals surface area (Å²) in [4.78, 5) is 0. The van der Waals surface area contributed by atoms with Gasteiger partial charge in [0.2, 0.25) is 0 Å². The molecule has 0 radical (unpaired) electrons. The minimum absolute atomic E-state index is 0.0394. The van der Waals surface area contributed by atoms with E-state index in [0.717, 1.165) is 23.7 Å². The Balaban J connectivity index is 2.17. The zero-order valence-electron chi connectivity index (χ0n) is 13.6. The predicted molar refractivity (Wildman–Crippen MR) is 86.8 cm³/mol. The maximum Gasteiger partial charge on any atom is 0.142 e. The third-order valence-electron chi connectivity index (χ3n) is 3.27. The summed E-state index contributed by atoms with van der Waals surface area (Å²) < 4.78 is 7.53. The molecule has 4 nitrogen and oxygen atoms in total. The van der Waals surface area contributed by atoms with Crippen LogP contribution in [-0.4, -0.2) is 16.4 Å². The number of ether oxygens (including phenoxy) is 1. The average Bonchev–Trinajstić information content (AvgIpc) is 2.79. The van der Waals surface area contributed by atoms with Gasteiger partial charge in [-0.2, -0.15) is 5.10 Å². The van der Waals surface area contributed by atoms with Gasteiger partial charge in [0.05, 0.1) is 18.0 Å². The van der Waals surface area contributed by atoms with Crippen LogP contribution < -0.4 is 10.1 Å². The Hall–Kier alpha value is -1.97. The van der Waals surface area contributed by atoms with E-state index in [9.17, 15) is 0 Å². The van der Waals surface area contributed by atoms with Crippen LogP contribution in [0.1, 0.15) is 39.0 Å². The fourth-order valence-corrected chi connectivity index (χ4v) is 2.38. The summed E-state index contributed by atoms with van der Waals surface area (Å²) >= 11 is 0. The Bertz CT molecular complexity index is 596. The van der Waals surface area contributed by atoms with Gasteiger partial charge in [0, 0.05) is 30.8 Å². The predicted octanol–water partition coefficient (Wildman–Crippen LogP) is 3.73. The van der Waals surface area contributed by atoms with Crippen molar-refractivity contribution >= 4 is 5.69 Å². The monoisotopic (exact) mass is 287 g/mol. The number of aromatic nitrogens is 2. The molecule has 0 amide bonds. The molecule has 0 unspecified atom stereocenters. The minimum Gasteiger partial charge on any atom is -0.492 e. The van der Waals surface area contributed by atoms with Crippen LogP contribution in [0.2, 0.25) is 0 Å². The molecule has 0 spiro atoms. The lowest BCUT2D eigenvalue weighted by atomic mass is 9.89. The number of hydrogen-bond acceptors (Lipinski definition) is 3. The average molecular weight is 287 g/mol. The summed E-state index contributed by atoms with van der Waals surface area (Å²) in [5.74, 6) is 0.890. The summed E-state index contributed by atoms with van der Waals surface area (Å²) in [6.07, 6.45) is 2.08. The number of nitrogens with one attached hydrogen (secondary N) is 1. The van der Waals surface area contributed by atoms with Gasteiger partial charge in [-0.25, -0.2) is 0 Å². The van der Waals surface area contributed by atoms with E-state index in [4.69, 9.17) is 4.74 Å². The molecular formula is C17H25N3O. The van der Waals surface area contributed by atoms with Gasteiger partial charge >= 0.3 is 0 Å². The first-order valence-electron chi connectivity index (χ1n) is 7.40. The quantitative estimate of drug-likeness (QED) is 0.910. The zero-order chi connectivity index (χ0) is 15.5. The summed E-state index contributed by atoms with van der Waals surface area (Å²) in [7, 11) is 1.97. The molecule has 0 aliphatic heterocycles. The number of hydrogen-bond donors (Lipinski definition) is 1. The number of nitrogens with zero attached hydrogens (tertiary/aromatic N) is 2. The first-order valence-corrected chi connectivity index (χ1v) is 7.40. The van der Waals surface area contributed by atoms with Crippen molar-refractivity contribution in [2.24, 2.45) is 7.05 Å². The number of aryl methyl sites for hydroxylation is 1. The molecule has 1 aromatic carbocycles. The highest BCUT2D eigenvalue weighted by Gasteiger charge is 2.21. The Morgan fingerprint density at radius 3 is 2.62 bits per heavy atom. The topological polar surface area (TPSA) is 39.1 Å².